The molecule has 3 aliphatic rings. The maximum Gasteiger partial charge on any atom is 0.410 e. The molecule has 3 rings (SSSR count). The van der Waals surface area contributed by atoms with Crippen molar-refractivity contribution >= 4 is 18.1 Å². The van der Waals surface area contributed by atoms with Crippen LogP contribution >= 0.6 is 0 Å². The predicted molar refractivity (Wildman–Crippen MR) is 108 cm³/mol. The number of amides is 3. The molecule has 10 heteroatoms. The topological polar surface area (TPSA) is 91.9 Å². The van der Waals surface area contributed by atoms with Crippen molar-refractivity contribution in [2.45, 2.75) is 50.9 Å². The average Bonchev–Trinajstić information content (AvgIpc) is 3.25. The van der Waals surface area contributed by atoms with Crippen LogP contribution < -0.4 is 0 Å². The fourth-order valence-electron chi connectivity index (χ4n) is 4.47. The Kier molecular flexibility index (Phi) is 6.76. The van der Waals surface area contributed by atoms with Gasteiger partial charge in [-0.25, -0.2) is 9.59 Å². The molecular formula is C20H34N4O6. The standard InChI is InChI=1S/C20H34N4O6/c1-20(2,3)30-19(27)22-6-7-23-15(12-22)13-24(18(23)26)14-10-16(17(25)29-5)21(11-14)8-9-28-4/h14-16H,6-13H2,1-5H3/t14-,15?,16+/m0/s1. The lowest BCUT2D eigenvalue weighted by Gasteiger charge is -2.37. The lowest BCUT2D eigenvalue weighted by molar-refractivity contribution is -0.146. The fourth-order valence-corrected chi connectivity index (χ4v) is 4.47. The highest BCUT2D eigenvalue weighted by Crippen LogP contribution is 2.29. The molecule has 3 heterocycles. The molecule has 3 fully saturated rings. The molecule has 0 N–H and O–H groups in total. The monoisotopic (exact) mass is 426 g/mol. The number of nitrogens with zero attached hydrogens (tertiary/aromatic N) is 4. The van der Waals surface area contributed by atoms with E-state index in [0.717, 1.165) is 0 Å². The molecule has 0 spiro atoms. The minimum absolute atomic E-state index is 0.0222. The molecule has 0 aromatic carbocycles. The molecule has 0 aromatic rings. The molecule has 0 radical (unpaired) electrons. The van der Waals surface area contributed by atoms with Crippen molar-refractivity contribution < 1.29 is 28.6 Å². The summed E-state index contributed by atoms with van der Waals surface area (Å²) in [6.45, 7) is 9.18. The molecule has 3 aliphatic heterocycles. The summed E-state index contributed by atoms with van der Waals surface area (Å²) >= 11 is 0. The Labute approximate surface area is 178 Å². The highest BCUT2D eigenvalue weighted by Gasteiger charge is 2.48. The van der Waals surface area contributed by atoms with Crippen LogP contribution in [0.3, 0.4) is 0 Å². The first-order valence-electron chi connectivity index (χ1n) is 10.5. The van der Waals surface area contributed by atoms with Gasteiger partial charge < -0.3 is 28.9 Å². The molecular weight excluding hydrogens is 392 g/mol. The minimum atomic E-state index is -0.551. The van der Waals surface area contributed by atoms with Gasteiger partial charge in [0, 0.05) is 52.4 Å². The van der Waals surface area contributed by atoms with Gasteiger partial charge in [0.2, 0.25) is 0 Å². The summed E-state index contributed by atoms with van der Waals surface area (Å²) in [7, 11) is 3.01. The number of fused-ring (bicyclic) bond motifs is 1. The Hall–Kier alpha value is -2.07. The average molecular weight is 427 g/mol. The van der Waals surface area contributed by atoms with Crippen molar-refractivity contribution in [2.75, 3.05) is 60.1 Å². The lowest BCUT2D eigenvalue weighted by atomic mass is 10.1. The molecule has 0 aromatic heterocycles. The third-order valence-corrected chi connectivity index (χ3v) is 5.91. The molecule has 3 saturated heterocycles. The molecule has 30 heavy (non-hydrogen) atoms. The number of methoxy groups -OCH3 is 2. The Morgan fingerprint density at radius 2 is 1.77 bits per heavy atom. The largest absolute Gasteiger partial charge is 0.468 e. The molecule has 0 bridgehead atoms. The normalized spacial score (nSPS) is 27.4. The van der Waals surface area contributed by atoms with Crippen molar-refractivity contribution in [1.82, 2.24) is 19.6 Å². The van der Waals surface area contributed by atoms with Gasteiger partial charge in [0.1, 0.15) is 11.6 Å². The third kappa shape index (κ3) is 4.80. The number of carbonyl (C=O) groups excluding carboxylic acids is 3. The highest BCUT2D eigenvalue weighted by molar-refractivity contribution is 5.80. The Morgan fingerprint density at radius 3 is 2.40 bits per heavy atom. The van der Waals surface area contributed by atoms with Crippen LogP contribution in [0.2, 0.25) is 0 Å². The van der Waals surface area contributed by atoms with Crippen LogP contribution in [-0.4, -0.2) is 122 Å². The van der Waals surface area contributed by atoms with Crippen LogP contribution in [0.15, 0.2) is 0 Å². The summed E-state index contributed by atoms with van der Waals surface area (Å²) in [6.07, 6.45) is 0.198. The highest BCUT2D eigenvalue weighted by atomic mass is 16.6. The SMILES string of the molecule is COCCN1C[C@@H](N2CC3CN(C(=O)OC(C)(C)C)CCN3C2=O)C[C@@H]1C(=O)OC. The van der Waals surface area contributed by atoms with E-state index in [1.165, 1.54) is 7.11 Å². The smallest absolute Gasteiger partial charge is 0.410 e. The van der Waals surface area contributed by atoms with Gasteiger partial charge in [-0.15, -0.1) is 0 Å². The van der Waals surface area contributed by atoms with E-state index in [2.05, 4.69) is 0 Å². The van der Waals surface area contributed by atoms with Crippen LogP contribution in [0.5, 0.6) is 0 Å². The Balaban J connectivity index is 1.64. The lowest BCUT2D eigenvalue weighted by Crippen LogP contribution is -2.54. The van der Waals surface area contributed by atoms with Crippen molar-refractivity contribution in [2.24, 2.45) is 0 Å². The third-order valence-electron chi connectivity index (χ3n) is 5.91. The molecule has 0 aliphatic carbocycles. The summed E-state index contributed by atoms with van der Waals surface area (Å²) in [5.41, 5.74) is -0.551. The zero-order valence-electron chi connectivity index (χ0n) is 18.6. The summed E-state index contributed by atoms with van der Waals surface area (Å²) in [4.78, 5) is 45.1. The van der Waals surface area contributed by atoms with Gasteiger partial charge in [-0.3, -0.25) is 9.69 Å². The maximum absolute atomic E-state index is 13.1. The quantitative estimate of drug-likeness (QED) is 0.595. The minimum Gasteiger partial charge on any atom is -0.468 e. The number of urea groups is 1. The molecule has 1 unspecified atom stereocenters. The van der Waals surface area contributed by atoms with Gasteiger partial charge >= 0.3 is 18.1 Å². The molecule has 3 atom stereocenters. The Bertz CT molecular complexity index is 666. The number of esters is 1. The van der Waals surface area contributed by atoms with Crippen LogP contribution in [-0.2, 0) is 19.0 Å². The van der Waals surface area contributed by atoms with E-state index in [9.17, 15) is 14.4 Å². The molecule has 0 saturated carbocycles. The van der Waals surface area contributed by atoms with Crippen LogP contribution in [0.4, 0.5) is 9.59 Å². The van der Waals surface area contributed by atoms with Crippen LogP contribution in [0.1, 0.15) is 27.2 Å². The van der Waals surface area contributed by atoms with Gasteiger partial charge in [-0.2, -0.15) is 0 Å². The number of likely N-dealkylation sites (tertiary alicyclic amines) is 1. The van der Waals surface area contributed by atoms with Crippen molar-refractivity contribution in [3.05, 3.63) is 0 Å². The number of carbonyl (C=O) groups is 3. The summed E-state index contributed by atoms with van der Waals surface area (Å²) in [5.74, 6) is -0.283. The van der Waals surface area contributed by atoms with E-state index in [1.54, 1.807) is 12.0 Å². The van der Waals surface area contributed by atoms with E-state index >= 15 is 0 Å². The summed E-state index contributed by atoms with van der Waals surface area (Å²) < 4.78 is 15.6. The first kappa shape index (κ1) is 22.6. The Morgan fingerprint density at radius 1 is 1.03 bits per heavy atom. The molecule has 3 amide bonds. The van der Waals surface area contributed by atoms with Crippen LogP contribution in [0, 0.1) is 0 Å². The van der Waals surface area contributed by atoms with Gasteiger partial charge in [0.15, 0.2) is 0 Å². The zero-order chi connectivity index (χ0) is 22.1. The number of rotatable bonds is 5. The van der Waals surface area contributed by atoms with Crippen molar-refractivity contribution in [3.63, 3.8) is 0 Å². The van der Waals surface area contributed by atoms with E-state index in [4.69, 9.17) is 14.2 Å². The summed E-state index contributed by atoms with van der Waals surface area (Å²) in [5, 5.41) is 0. The van der Waals surface area contributed by atoms with Crippen molar-refractivity contribution in [3.8, 4) is 0 Å². The van der Waals surface area contributed by atoms with Gasteiger partial charge in [0.25, 0.3) is 0 Å². The molecule has 170 valence electrons. The first-order valence-corrected chi connectivity index (χ1v) is 10.5. The first-order chi connectivity index (χ1) is 14.1. The van der Waals surface area contributed by atoms with E-state index in [1.807, 2.05) is 35.5 Å². The van der Waals surface area contributed by atoms with Gasteiger partial charge in [-0.05, 0) is 27.2 Å². The summed E-state index contributed by atoms with van der Waals surface area (Å²) in [6, 6.07) is -0.535. The molecule has 10 nitrogen and oxygen atoms in total. The number of hydrogen-bond acceptors (Lipinski definition) is 7. The zero-order valence-corrected chi connectivity index (χ0v) is 18.6. The second-order valence-corrected chi connectivity index (χ2v) is 9.12. The number of hydrogen-bond donors (Lipinski definition) is 0. The fraction of sp³-hybridized carbons (Fsp3) is 0.850. The van der Waals surface area contributed by atoms with E-state index < -0.39 is 5.60 Å². The van der Waals surface area contributed by atoms with E-state index in [0.29, 0.717) is 52.3 Å². The second-order valence-electron chi connectivity index (χ2n) is 9.12. The second kappa shape index (κ2) is 8.97. The predicted octanol–water partition coefficient (Wildman–Crippen LogP) is 0.606. The number of piperazine rings is 1. The van der Waals surface area contributed by atoms with Gasteiger partial charge in [0.05, 0.1) is 19.8 Å². The number of ether oxygens (including phenoxy) is 3. The maximum atomic E-state index is 13.1. The van der Waals surface area contributed by atoms with E-state index in [-0.39, 0.29) is 36.2 Å². The van der Waals surface area contributed by atoms with Gasteiger partial charge in [-0.1, -0.05) is 0 Å². The van der Waals surface area contributed by atoms with Crippen LogP contribution in [0.25, 0.3) is 0 Å². The van der Waals surface area contributed by atoms with Crippen molar-refractivity contribution in [1.29, 1.82) is 0 Å².